The number of aliphatic hydroxyl groups excluding tert-OH is 1. The maximum Gasteiger partial charge on any atom is 0.326 e. The van der Waals surface area contributed by atoms with Crippen LogP contribution in [0.3, 0.4) is 0 Å². The zero-order chi connectivity index (χ0) is 25.7. The molecule has 11 N–H and O–H groups in total. The number of carbonyl (C=O) groups is 4. The zero-order valence-electron chi connectivity index (χ0n) is 18.9. The second-order valence-corrected chi connectivity index (χ2v) is 7.59. The van der Waals surface area contributed by atoms with E-state index < -0.39 is 47.9 Å². The Bertz CT molecular complexity index is 858. The van der Waals surface area contributed by atoms with Crippen molar-refractivity contribution in [3.05, 3.63) is 35.9 Å². The number of aliphatic hydroxyl groups is 1. The van der Waals surface area contributed by atoms with Gasteiger partial charge in [0.05, 0.1) is 12.6 Å². The van der Waals surface area contributed by atoms with Crippen molar-refractivity contribution in [1.82, 2.24) is 16.0 Å². The summed E-state index contributed by atoms with van der Waals surface area (Å²) in [4.78, 5) is 52.7. The number of carboxylic acid groups (broad SMARTS) is 1. The summed E-state index contributed by atoms with van der Waals surface area (Å²) in [6.45, 7) is 1.09. The number of carbonyl (C=O) groups excluding carboxylic acids is 3. The average Bonchev–Trinajstić information content (AvgIpc) is 2.78. The number of benzene rings is 1. The van der Waals surface area contributed by atoms with Crippen LogP contribution in [0.1, 0.15) is 25.3 Å². The van der Waals surface area contributed by atoms with Gasteiger partial charge >= 0.3 is 5.97 Å². The topological polar surface area (TPSA) is 235 Å². The van der Waals surface area contributed by atoms with Gasteiger partial charge in [-0.05, 0) is 25.3 Å². The fraction of sp³-hybridized carbons (Fsp3) is 0.476. The van der Waals surface area contributed by atoms with E-state index in [9.17, 15) is 29.4 Å². The highest BCUT2D eigenvalue weighted by atomic mass is 16.4. The molecular weight excluding hydrogens is 446 g/mol. The quantitative estimate of drug-likeness (QED) is 0.0778. The first-order valence-corrected chi connectivity index (χ1v) is 10.7. The Hall–Kier alpha value is -3.71. The summed E-state index contributed by atoms with van der Waals surface area (Å²) in [5, 5.41) is 26.7. The summed E-state index contributed by atoms with van der Waals surface area (Å²) in [7, 11) is 0. The molecule has 4 unspecified atom stereocenters. The molecule has 34 heavy (non-hydrogen) atoms. The smallest absolute Gasteiger partial charge is 0.326 e. The van der Waals surface area contributed by atoms with Crippen molar-refractivity contribution in [3.63, 3.8) is 0 Å². The van der Waals surface area contributed by atoms with Gasteiger partial charge in [0, 0.05) is 13.0 Å². The summed E-state index contributed by atoms with van der Waals surface area (Å²) in [6.07, 6.45) is -0.968. The van der Waals surface area contributed by atoms with E-state index in [1.54, 1.807) is 30.3 Å². The van der Waals surface area contributed by atoms with E-state index in [1.165, 1.54) is 6.92 Å². The molecule has 0 aromatic heterocycles. The summed E-state index contributed by atoms with van der Waals surface area (Å²) >= 11 is 0. The Morgan fingerprint density at radius 3 is 2.18 bits per heavy atom. The van der Waals surface area contributed by atoms with Crippen molar-refractivity contribution < 1.29 is 29.4 Å². The Morgan fingerprint density at radius 2 is 1.65 bits per heavy atom. The van der Waals surface area contributed by atoms with E-state index >= 15 is 0 Å². The maximum absolute atomic E-state index is 12.9. The average molecular weight is 480 g/mol. The Labute approximate surface area is 197 Å². The van der Waals surface area contributed by atoms with E-state index in [-0.39, 0.29) is 38.3 Å². The maximum atomic E-state index is 12.9. The molecule has 0 heterocycles. The lowest BCUT2D eigenvalue weighted by Gasteiger charge is -2.26. The molecule has 0 aliphatic rings. The monoisotopic (exact) mass is 479 g/mol. The van der Waals surface area contributed by atoms with Gasteiger partial charge in [0.25, 0.3) is 0 Å². The molecule has 13 heteroatoms. The van der Waals surface area contributed by atoms with E-state index in [4.69, 9.17) is 17.2 Å². The molecule has 0 aliphatic heterocycles. The van der Waals surface area contributed by atoms with Crippen LogP contribution in [0.15, 0.2) is 35.3 Å². The van der Waals surface area contributed by atoms with Crippen molar-refractivity contribution in [1.29, 1.82) is 0 Å². The highest BCUT2D eigenvalue weighted by molar-refractivity contribution is 5.94. The Balaban J connectivity index is 2.91. The minimum absolute atomic E-state index is 0.0154. The van der Waals surface area contributed by atoms with Crippen LogP contribution >= 0.6 is 0 Å². The molecule has 1 aromatic carbocycles. The third kappa shape index (κ3) is 10.3. The predicted octanol–water partition coefficient (Wildman–Crippen LogP) is -2.84. The molecular formula is C21H33N7O6. The van der Waals surface area contributed by atoms with Gasteiger partial charge in [0.2, 0.25) is 17.7 Å². The van der Waals surface area contributed by atoms with Crippen LogP contribution in [0.5, 0.6) is 0 Å². The van der Waals surface area contributed by atoms with Crippen LogP contribution in [-0.4, -0.2) is 77.2 Å². The number of nitrogens with two attached hydrogens (primary N) is 3. The largest absolute Gasteiger partial charge is 0.480 e. The number of hydrogen-bond donors (Lipinski definition) is 8. The van der Waals surface area contributed by atoms with E-state index in [0.29, 0.717) is 0 Å². The molecule has 3 amide bonds. The number of aliphatic imine (C=N–C) groups is 1. The lowest BCUT2D eigenvalue weighted by atomic mass is 10.0. The molecule has 0 aliphatic carbocycles. The number of nitrogens with one attached hydrogen (secondary N) is 3. The molecule has 0 bridgehead atoms. The van der Waals surface area contributed by atoms with Gasteiger partial charge in [0.1, 0.15) is 18.1 Å². The normalized spacial score (nSPS) is 14.1. The molecule has 0 spiro atoms. The first kappa shape index (κ1) is 28.3. The van der Waals surface area contributed by atoms with Crippen LogP contribution in [0.2, 0.25) is 0 Å². The number of nitrogens with zero attached hydrogens (tertiary/aromatic N) is 1. The van der Waals surface area contributed by atoms with Crippen LogP contribution < -0.4 is 33.2 Å². The molecule has 0 saturated heterocycles. The highest BCUT2D eigenvalue weighted by Gasteiger charge is 2.32. The van der Waals surface area contributed by atoms with Crippen molar-refractivity contribution in [3.8, 4) is 0 Å². The second-order valence-electron chi connectivity index (χ2n) is 7.59. The standard InChI is InChI=1S/C21H33N7O6/c1-12(29)17(19(32)27-14(20(33)34)8-5-9-25-21(23)24)28-18(31)15(26-16(30)11-22)10-13-6-3-2-4-7-13/h2-4,6-7,12,14-15,17,29H,5,8-11,22H2,1H3,(H,26,30)(H,27,32)(H,28,31)(H,33,34)(H4,23,24,25). The summed E-state index contributed by atoms with van der Waals surface area (Å²) in [5.74, 6) is -3.67. The van der Waals surface area contributed by atoms with Gasteiger partial charge in [-0.25, -0.2) is 4.79 Å². The molecule has 4 atom stereocenters. The fourth-order valence-electron chi connectivity index (χ4n) is 2.99. The molecule has 1 aromatic rings. The zero-order valence-corrected chi connectivity index (χ0v) is 18.9. The molecule has 1 rings (SSSR count). The number of aliphatic carboxylic acids is 1. The fourth-order valence-corrected chi connectivity index (χ4v) is 2.99. The first-order valence-electron chi connectivity index (χ1n) is 10.7. The van der Waals surface area contributed by atoms with Crippen molar-refractivity contribution in [2.24, 2.45) is 22.2 Å². The van der Waals surface area contributed by atoms with Gasteiger partial charge in [-0.15, -0.1) is 0 Å². The lowest BCUT2D eigenvalue weighted by molar-refractivity contribution is -0.143. The number of guanidine groups is 1. The molecule has 0 fully saturated rings. The summed E-state index contributed by atoms with van der Waals surface area (Å²) < 4.78 is 0. The number of carboxylic acids is 1. The lowest BCUT2D eigenvalue weighted by Crippen LogP contribution is -2.59. The number of amides is 3. The SMILES string of the molecule is CC(O)C(NC(=O)C(Cc1ccccc1)NC(=O)CN)C(=O)NC(CCCN=C(N)N)C(=O)O. The van der Waals surface area contributed by atoms with Crippen LogP contribution in [0.4, 0.5) is 0 Å². The Morgan fingerprint density at radius 1 is 1.00 bits per heavy atom. The molecule has 13 nitrogen and oxygen atoms in total. The third-order valence-electron chi connectivity index (χ3n) is 4.74. The van der Waals surface area contributed by atoms with Crippen LogP contribution in [0, 0.1) is 0 Å². The number of hydrogen-bond acceptors (Lipinski definition) is 7. The third-order valence-corrected chi connectivity index (χ3v) is 4.74. The minimum Gasteiger partial charge on any atom is -0.480 e. The van der Waals surface area contributed by atoms with Gasteiger partial charge in [-0.2, -0.15) is 0 Å². The minimum atomic E-state index is -1.47. The van der Waals surface area contributed by atoms with Gasteiger partial charge in [0.15, 0.2) is 5.96 Å². The highest BCUT2D eigenvalue weighted by Crippen LogP contribution is 2.06. The van der Waals surface area contributed by atoms with Gasteiger partial charge < -0.3 is 43.4 Å². The van der Waals surface area contributed by atoms with Crippen molar-refractivity contribution in [2.75, 3.05) is 13.1 Å². The van der Waals surface area contributed by atoms with Crippen molar-refractivity contribution in [2.45, 2.75) is 50.4 Å². The van der Waals surface area contributed by atoms with E-state index in [2.05, 4.69) is 20.9 Å². The summed E-state index contributed by atoms with van der Waals surface area (Å²) in [5.41, 5.74) is 16.5. The molecule has 0 radical (unpaired) electrons. The molecule has 188 valence electrons. The van der Waals surface area contributed by atoms with Crippen LogP contribution in [0.25, 0.3) is 0 Å². The number of rotatable bonds is 14. The van der Waals surface area contributed by atoms with Gasteiger partial charge in [-0.1, -0.05) is 30.3 Å². The van der Waals surface area contributed by atoms with Crippen LogP contribution in [-0.2, 0) is 25.6 Å². The van der Waals surface area contributed by atoms with Crippen molar-refractivity contribution >= 4 is 29.7 Å². The molecule has 0 saturated carbocycles. The van der Waals surface area contributed by atoms with E-state index in [0.717, 1.165) is 5.56 Å². The predicted molar refractivity (Wildman–Crippen MR) is 124 cm³/mol. The second kappa shape index (κ2) is 14.4. The first-order chi connectivity index (χ1) is 16.0. The Kier molecular flexibility index (Phi) is 12.0. The van der Waals surface area contributed by atoms with E-state index in [1.807, 2.05) is 0 Å². The van der Waals surface area contributed by atoms with Gasteiger partial charge in [-0.3, -0.25) is 19.4 Å². The summed E-state index contributed by atoms with van der Waals surface area (Å²) in [6, 6.07) is 4.99.